The quantitative estimate of drug-likeness (QED) is 0.569. The second-order valence-corrected chi connectivity index (χ2v) is 7.11. The summed E-state index contributed by atoms with van der Waals surface area (Å²) >= 11 is 0. The van der Waals surface area contributed by atoms with Gasteiger partial charge in [-0.25, -0.2) is 0 Å². The minimum atomic E-state index is -0.186. The summed E-state index contributed by atoms with van der Waals surface area (Å²) < 4.78 is 6.06. The molecule has 4 nitrogen and oxygen atoms in total. The van der Waals surface area contributed by atoms with Crippen LogP contribution in [0.25, 0.3) is 0 Å². The first kappa shape index (κ1) is 20.6. The topological polar surface area (TPSA) is 51.2 Å². The number of ether oxygens (including phenoxy) is 1. The average molecular weight is 389 g/mol. The van der Waals surface area contributed by atoms with Gasteiger partial charge < -0.3 is 10.1 Å². The van der Waals surface area contributed by atoms with Crippen LogP contribution in [0.5, 0.6) is 5.75 Å². The van der Waals surface area contributed by atoms with Gasteiger partial charge in [0.05, 0.1) is 5.69 Å². The Hall–Kier alpha value is -3.14. The molecule has 0 radical (unpaired) electrons. The monoisotopic (exact) mass is 388 g/mol. The van der Waals surface area contributed by atoms with Crippen molar-refractivity contribution in [1.29, 1.82) is 0 Å². The van der Waals surface area contributed by atoms with E-state index in [1.54, 1.807) is 0 Å². The van der Waals surface area contributed by atoms with Crippen molar-refractivity contribution in [3.05, 3.63) is 88.2 Å². The molecule has 1 aromatic heterocycles. The summed E-state index contributed by atoms with van der Waals surface area (Å²) in [5, 5.41) is 3.14. The van der Waals surface area contributed by atoms with E-state index in [1.807, 2.05) is 56.3 Å². The molecule has 0 aliphatic heterocycles. The standard InChI is InChI=1S/C25H28N2O2/c1-5-20-13-10-14-21(6-2)24(20)27-25(28)23-18(4)26-17(3)15-22(23)29-16-19-11-8-7-9-12-19/h7-15H,5-6,16H2,1-4H3,(H,27,28). The minimum Gasteiger partial charge on any atom is -0.488 e. The maximum Gasteiger partial charge on any atom is 0.261 e. The largest absolute Gasteiger partial charge is 0.488 e. The van der Waals surface area contributed by atoms with Crippen LogP contribution in [-0.2, 0) is 19.4 Å². The summed E-state index contributed by atoms with van der Waals surface area (Å²) in [5.74, 6) is 0.372. The highest BCUT2D eigenvalue weighted by molar-refractivity contribution is 6.07. The minimum absolute atomic E-state index is 0.186. The molecule has 1 amide bonds. The molecule has 0 atom stereocenters. The van der Waals surface area contributed by atoms with E-state index in [1.165, 1.54) is 0 Å². The summed E-state index contributed by atoms with van der Waals surface area (Å²) in [7, 11) is 0. The van der Waals surface area contributed by atoms with Gasteiger partial charge in [0.25, 0.3) is 5.91 Å². The van der Waals surface area contributed by atoms with Gasteiger partial charge in [-0.15, -0.1) is 0 Å². The Morgan fingerprint density at radius 3 is 2.24 bits per heavy atom. The SMILES string of the molecule is CCc1cccc(CC)c1NC(=O)c1c(OCc2ccccc2)cc(C)nc1C. The summed E-state index contributed by atoms with van der Waals surface area (Å²) in [4.78, 5) is 17.8. The number of hydrogen-bond acceptors (Lipinski definition) is 3. The Morgan fingerprint density at radius 1 is 0.966 bits per heavy atom. The second kappa shape index (κ2) is 9.37. The smallest absolute Gasteiger partial charge is 0.261 e. The van der Waals surface area contributed by atoms with Crippen LogP contribution in [0, 0.1) is 13.8 Å². The van der Waals surface area contributed by atoms with Gasteiger partial charge in [-0.3, -0.25) is 9.78 Å². The molecule has 0 unspecified atom stereocenters. The third kappa shape index (κ3) is 4.83. The zero-order valence-corrected chi connectivity index (χ0v) is 17.6. The van der Waals surface area contributed by atoms with Crippen LogP contribution in [0.2, 0.25) is 0 Å². The van der Waals surface area contributed by atoms with Crippen molar-refractivity contribution in [1.82, 2.24) is 4.98 Å². The first-order valence-electron chi connectivity index (χ1n) is 10.1. The fourth-order valence-electron chi connectivity index (χ4n) is 3.50. The molecule has 0 saturated carbocycles. The number of hydrogen-bond donors (Lipinski definition) is 1. The van der Waals surface area contributed by atoms with E-state index in [0.29, 0.717) is 23.6 Å². The number of rotatable bonds is 7. The highest BCUT2D eigenvalue weighted by atomic mass is 16.5. The molecular formula is C25H28N2O2. The molecule has 0 aliphatic rings. The van der Waals surface area contributed by atoms with Gasteiger partial charge in [0, 0.05) is 17.4 Å². The third-order valence-corrected chi connectivity index (χ3v) is 4.99. The number of aromatic nitrogens is 1. The molecule has 0 saturated heterocycles. The van der Waals surface area contributed by atoms with Gasteiger partial charge in [0.2, 0.25) is 0 Å². The van der Waals surface area contributed by atoms with E-state index in [0.717, 1.165) is 40.9 Å². The molecule has 1 heterocycles. The zero-order chi connectivity index (χ0) is 20.8. The number of para-hydroxylation sites is 1. The van der Waals surface area contributed by atoms with Crippen molar-refractivity contribution in [3.63, 3.8) is 0 Å². The predicted molar refractivity (Wildman–Crippen MR) is 118 cm³/mol. The van der Waals surface area contributed by atoms with Crippen LogP contribution in [-0.4, -0.2) is 10.9 Å². The summed E-state index contributed by atoms with van der Waals surface area (Å²) in [6.07, 6.45) is 1.71. The lowest BCUT2D eigenvalue weighted by atomic mass is 10.0. The molecule has 2 aromatic carbocycles. The lowest BCUT2D eigenvalue weighted by Crippen LogP contribution is -2.18. The molecule has 0 bridgehead atoms. The Labute approximate surface area is 173 Å². The van der Waals surface area contributed by atoms with Crippen LogP contribution in [0.15, 0.2) is 54.6 Å². The number of pyridine rings is 1. The molecule has 0 aliphatic carbocycles. The average Bonchev–Trinajstić information content (AvgIpc) is 2.72. The molecule has 1 N–H and O–H groups in total. The van der Waals surface area contributed by atoms with Crippen molar-refractivity contribution in [2.45, 2.75) is 47.1 Å². The summed E-state index contributed by atoms with van der Waals surface area (Å²) in [5.41, 5.74) is 6.18. The molecule has 4 heteroatoms. The van der Waals surface area contributed by atoms with E-state index in [-0.39, 0.29) is 5.91 Å². The van der Waals surface area contributed by atoms with Gasteiger partial charge in [0.1, 0.15) is 17.9 Å². The van der Waals surface area contributed by atoms with Crippen molar-refractivity contribution in [2.24, 2.45) is 0 Å². The Balaban J connectivity index is 1.93. The van der Waals surface area contributed by atoms with E-state index in [4.69, 9.17) is 4.74 Å². The predicted octanol–water partition coefficient (Wildman–Crippen LogP) is 5.65. The van der Waals surface area contributed by atoms with E-state index < -0.39 is 0 Å². The van der Waals surface area contributed by atoms with Crippen LogP contribution in [0.4, 0.5) is 5.69 Å². The van der Waals surface area contributed by atoms with Crippen molar-refractivity contribution >= 4 is 11.6 Å². The number of amides is 1. The fourth-order valence-corrected chi connectivity index (χ4v) is 3.50. The third-order valence-electron chi connectivity index (χ3n) is 4.99. The van der Waals surface area contributed by atoms with E-state index >= 15 is 0 Å². The number of benzene rings is 2. The van der Waals surface area contributed by atoms with Crippen LogP contribution < -0.4 is 10.1 Å². The molecule has 0 fully saturated rings. The lowest BCUT2D eigenvalue weighted by Gasteiger charge is -2.18. The summed E-state index contributed by atoms with van der Waals surface area (Å²) in [6, 6.07) is 17.9. The summed E-state index contributed by atoms with van der Waals surface area (Å²) in [6.45, 7) is 8.35. The maximum absolute atomic E-state index is 13.3. The molecular weight excluding hydrogens is 360 g/mol. The van der Waals surface area contributed by atoms with Crippen LogP contribution >= 0.6 is 0 Å². The number of aryl methyl sites for hydroxylation is 4. The second-order valence-electron chi connectivity index (χ2n) is 7.11. The van der Waals surface area contributed by atoms with Crippen molar-refractivity contribution < 1.29 is 9.53 Å². The fraction of sp³-hybridized carbons (Fsp3) is 0.280. The highest BCUT2D eigenvalue weighted by Gasteiger charge is 2.20. The first-order valence-corrected chi connectivity index (χ1v) is 10.1. The van der Waals surface area contributed by atoms with Gasteiger partial charge in [-0.1, -0.05) is 62.4 Å². The number of nitrogens with one attached hydrogen (secondary N) is 1. The van der Waals surface area contributed by atoms with Crippen molar-refractivity contribution in [2.75, 3.05) is 5.32 Å². The van der Waals surface area contributed by atoms with Crippen LogP contribution in [0.3, 0.4) is 0 Å². The van der Waals surface area contributed by atoms with E-state index in [9.17, 15) is 4.79 Å². The van der Waals surface area contributed by atoms with Gasteiger partial charge in [-0.05, 0) is 43.4 Å². The van der Waals surface area contributed by atoms with E-state index in [2.05, 4.69) is 36.3 Å². The van der Waals surface area contributed by atoms with Crippen LogP contribution in [0.1, 0.15) is 52.3 Å². The molecule has 3 rings (SSSR count). The molecule has 3 aromatic rings. The van der Waals surface area contributed by atoms with Gasteiger partial charge in [-0.2, -0.15) is 0 Å². The number of nitrogens with zero attached hydrogens (tertiary/aromatic N) is 1. The molecule has 29 heavy (non-hydrogen) atoms. The number of anilines is 1. The number of carbonyl (C=O) groups is 1. The number of carbonyl (C=O) groups excluding carboxylic acids is 1. The Morgan fingerprint density at radius 2 is 1.62 bits per heavy atom. The van der Waals surface area contributed by atoms with Crippen molar-refractivity contribution in [3.8, 4) is 5.75 Å². The van der Waals surface area contributed by atoms with Gasteiger partial charge in [0.15, 0.2) is 0 Å². The first-order chi connectivity index (χ1) is 14.0. The Bertz CT molecular complexity index is 975. The highest BCUT2D eigenvalue weighted by Crippen LogP contribution is 2.28. The normalized spacial score (nSPS) is 10.6. The maximum atomic E-state index is 13.3. The molecule has 150 valence electrons. The molecule has 0 spiro atoms. The lowest BCUT2D eigenvalue weighted by molar-refractivity contribution is 0.102. The van der Waals surface area contributed by atoms with Gasteiger partial charge >= 0.3 is 0 Å². The zero-order valence-electron chi connectivity index (χ0n) is 17.6. The Kier molecular flexibility index (Phi) is 6.65.